The SMILES string of the molecule is C#CCCC(=N)C(=O)c1ccc(Sc2ccc(C(=O)c3ccccc3)cc2)cc1.CC=O.CO. The molecule has 0 unspecified atom stereocenters. The predicted molar refractivity (Wildman–Crippen MR) is 137 cm³/mol. The molecule has 0 aliphatic carbocycles. The average Bonchev–Trinajstić information content (AvgIpc) is 2.89. The van der Waals surface area contributed by atoms with Crippen LogP contribution in [0.15, 0.2) is 88.7 Å². The van der Waals surface area contributed by atoms with Crippen molar-refractivity contribution in [3.05, 3.63) is 95.6 Å². The summed E-state index contributed by atoms with van der Waals surface area (Å²) in [5, 5.41) is 14.8. The van der Waals surface area contributed by atoms with Gasteiger partial charge in [-0.25, -0.2) is 0 Å². The Bertz CT molecular complexity index is 1120. The molecular formula is C28H27NO4S. The number of hydrogen-bond donors (Lipinski definition) is 2. The van der Waals surface area contributed by atoms with Gasteiger partial charge in [0.05, 0.1) is 5.71 Å². The molecule has 0 heterocycles. The van der Waals surface area contributed by atoms with E-state index in [4.69, 9.17) is 21.7 Å². The maximum absolute atomic E-state index is 12.5. The molecule has 0 atom stereocenters. The second-order valence-corrected chi connectivity index (χ2v) is 7.74. The molecule has 0 aromatic heterocycles. The monoisotopic (exact) mass is 473 g/mol. The lowest BCUT2D eigenvalue weighted by Crippen LogP contribution is -2.12. The van der Waals surface area contributed by atoms with Gasteiger partial charge in [0.15, 0.2) is 5.78 Å². The number of carbonyl (C=O) groups excluding carboxylic acids is 3. The molecule has 3 aromatic rings. The van der Waals surface area contributed by atoms with Gasteiger partial charge >= 0.3 is 0 Å². The van der Waals surface area contributed by atoms with Crippen LogP contribution in [0, 0.1) is 17.8 Å². The van der Waals surface area contributed by atoms with Crippen molar-refractivity contribution >= 4 is 35.3 Å². The summed E-state index contributed by atoms with van der Waals surface area (Å²) in [6, 6.07) is 23.8. The van der Waals surface area contributed by atoms with E-state index < -0.39 is 0 Å². The number of terminal acetylenes is 1. The van der Waals surface area contributed by atoms with Crippen molar-refractivity contribution in [2.45, 2.75) is 29.6 Å². The van der Waals surface area contributed by atoms with Crippen LogP contribution in [0.4, 0.5) is 0 Å². The first-order chi connectivity index (χ1) is 16.5. The van der Waals surface area contributed by atoms with Crippen LogP contribution in [0.1, 0.15) is 46.0 Å². The van der Waals surface area contributed by atoms with Crippen LogP contribution in [-0.4, -0.2) is 35.8 Å². The van der Waals surface area contributed by atoms with Crippen LogP contribution >= 0.6 is 11.8 Å². The van der Waals surface area contributed by atoms with Gasteiger partial charge in [0.2, 0.25) is 5.78 Å². The van der Waals surface area contributed by atoms with Crippen LogP contribution in [0.3, 0.4) is 0 Å². The Balaban J connectivity index is 0.00000107. The number of aliphatic hydroxyl groups is 1. The highest BCUT2D eigenvalue weighted by atomic mass is 32.2. The summed E-state index contributed by atoms with van der Waals surface area (Å²) in [6.45, 7) is 1.44. The molecule has 0 fully saturated rings. The fourth-order valence-corrected chi connectivity index (χ4v) is 3.54. The van der Waals surface area contributed by atoms with Crippen LogP contribution in [0.2, 0.25) is 0 Å². The standard InChI is InChI=1S/C25H19NO2S.C2H4O.CH4O/c1-2-3-9-23(26)25(28)20-12-16-22(17-13-20)29-21-14-10-19(11-15-21)24(27)18-7-5-4-6-8-18;1-2-3;1-2/h1,4-8,10-17,26H,3,9H2;2H,1H3;2H,1H3. The Hall–Kier alpha value is -3.79. The van der Waals surface area contributed by atoms with E-state index in [0.29, 0.717) is 29.5 Å². The first-order valence-corrected chi connectivity index (χ1v) is 11.2. The van der Waals surface area contributed by atoms with Crippen molar-refractivity contribution in [2.24, 2.45) is 0 Å². The number of nitrogens with one attached hydrogen (secondary N) is 1. The third-order valence-corrected chi connectivity index (χ3v) is 5.31. The zero-order valence-electron chi connectivity index (χ0n) is 19.2. The second-order valence-electron chi connectivity index (χ2n) is 6.59. The number of aliphatic hydroxyl groups excluding tert-OH is 1. The molecule has 3 aromatic carbocycles. The Labute approximate surface area is 204 Å². The Morgan fingerprint density at radius 2 is 1.32 bits per heavy atom. The molecule has 0 aliphatic heterocycles. The first kappa shape index (κ1) is 28.2. The summed E-state index contributed by atoms with van der Waals surface area (Å²) in [6.07, 6.45) is 6.62. The molecule has 0 saturated carbocycles. The zero-order valence-corrected chi connectivity index (χ0v) is 20.0. The number of aldehydes is 1. The summed E-state index contributed by atoms with van der Waals surface area (Å²) >= 11 is 1.54. The Morgan fingerprint density at radius 1 is 0.882 bits per heavy atom. The topological polar surface area (TPSA) is 95.3 Å². The lowest BCUT2D eigenvalue weighted by Gasteiger charge is -2.06. The Kier molecular flexibility index (Phi) is 13.2. The molecule has 6 heteroatoms. The van der Waals surface area contributed by atoms with Gasteiger partial charge in [-0.05, 0) is 55.5 Å². The average molecular weight is 474 g/mol. The zero-order chi connectivity index (χ0) is 25.3. The minimum Gasteiger partial charge on any atom is -0.400 e. The van der Waals surface area contributed by atoms with Crippen molar-refractivity contribution in [1.29, 1.82) is 5.41 Å². The molecule has 2 N–H and O–H groups in total. The van der Waals surface area contributed by atoms with Crippen LogP contribution < -0.4 is 0 Å². The van der Waals surface area contributed by atoms with Crippen molar-refractivity contribution in [3.63, 3.8) is 0 Å². The van der Waals surface area contributed by atoms with Crippen molar-refractivity contribution in [1.82, 2.24) is 0 Å². The van der Waals surface area contributed by atoms with E-state index >= 15 is 0 Å². The Morgan fingerprint density at radius 3 is 1.79 bits per heavy atom. The number of rotatable bonds is 8. The summed E-state index contributed by atoms with van der Waals surface area (Å²) in [7, 11) is 1.00. The molecule has 0 saturated heterocycles. The molecule has 174 valence electrons. The van der Waals surface area contributed by atoms with Crippen LogP contribution in [0.25, 0.3) is 0 Å². The molecule has 0 bridgehead atoms. The number of Topliss-reactive ketones (excluding diaryl/α,β-unsaturated/α-hetero) is 1. The molecule has 3 rings (SSSR count). The van der Waals surface area contributed by atoms with Crippen LogP contribution in [-0.2, 0) is 4.79 Å². The number of carbonyl (C=O) groups is 3. The predicted octanol–water partition coefficient (Wildman–Crippen LogP) is 5.50. The van der Waals surface area contributed by atoms with Gasteiger partial charge in [-0.2, -0.15) is 0 Å². The fraction of sp³-hybridized carbons (Fsp3) is 0.143. The van der Waals surface area contributed by atoms with E-state index in [1.807, 2.05) is 54.6 Å². The van der Waals surface area contributed by atoms with E-state index in [-0.39, 0.29) is 17.3 Å². The summed E-state index contributed by atoms with van der Waals surface area (Å²) in [5.41, 5.74) is 1.83. The minimum atomic E-state index is -0.291. The lowest BCUT2D eigenvalue weighted by atomic mass is 10.0. The normalized spacial score (nSPS) is 9.24. The van der Waals surface area contributed by atoms with Crippen molar-refractivity contribution < 1.29 is 19.5 Å². The third-order valence-electron chi connectivity index (χ3n) is 4.30. The van der Waals surface area contributed by atoms with E-state index in [1.165, 1.54) is 6.92 Å². The number of benzene rings is 3. The third kappa shape index (κ3) is 8.99. The highest BCUT2D eigenvalue weighted by molar-refractivity contribution is 7.99. The lowest BCUT2D eigenvalue weighted by molar-refractivity contribution is -0.106. The largest absolute Gasteiger partial charge is 0.400 e. The second kappa shape index (κ2) is 15.9. The van der Waals surface area contributed by atoms with Gasteiger partial charge in [-0.15, -0.1) is 12.3 Å². The summed E-state index contributed by atoms with van der Waals surface area (Å²) in [5.74, 6) is 2.15. The van der Waals surface area contributed by atoms with E-state index in [9.17, 15) is 9.59 Å². The van der Waals surface area contributed by atoms with Gasteiger partial charge in [0.1, 0.15) is 6.29 Å². The highest BCUT2D eigenvalue weighted by Crippen LogP contribution is 2.28. The van der Waals surface area contributed by atoms with Gasteiger partial charge < -0.3 is 15.3 Å². The van der Waals surface area contributed by atoms with E-state index in [1.54, 1.807) is 36.0 Å². The minimum absolute atomic E-state index is 0.00250. The van der Waals surface area contributed by atoms with Crippen molar-refractivity contribution in [2.75, 3.05) is 7.11 Å². The summed E-state index contributed by atoms with van der Waals surface area (Å²) < 4.78 is 0. The number of hydrogen-bond acceptors (Lipinski definition) is 6. The maximum Gasteiger partial charge on any atom is 0.206 e. The quantitative estimate of drug-likeness (QED) is 0.195. The van der Waals surface area contributed by atoms with E-state index in [2.05, 4.69) is 5.92 Å². The number of ketones is 2. The molecule has 0 radical (unpaired) electrons. The van der Waals surface area contributed by atoms with Crippen LogP contribution in [0.5, 0.6) is 0 Å². The van der Waals surface area contributed by atoms with E-state index in [0.717, 1.165) is 23.2 Å². The highest BCUT2D eigenvalue weighted by Gasteiger charge is 2.12. The van der Waals surface area contributed by atoms with Gasteiger partial charge in [0.25, 0.3) is 0 Å². The van der Waals surface area contributed by atoms with Gasteiger partial charge in [-0.1, -0.05) is 42.1 Å². The van der Waals surface area contributed by atoms with Gasteiger partial charge in [-0.3, -0.25) is 9.59 Å². The molecule has 5 nitrogen and oxygen atoms in total. The molecule has 0 amide bonds. The molecule has 0 aliphatic rings. The van der Waals surface area contributed by atoms with Crippen molar-refractivity contribution in [3.8, 4) is 12.3 Å². The van der Waals surface area contributed by atoms with Gasteiger partial charge in [0, 0.05) is 46.4 Å². The maximum atomic E-state index is 12.5. The molecular weight excluding hydrogens is 446 g/mol. The summed E-state index contributed by atoms with van der Waals surface area (Å²) in [4.78, 5) is 35.5. The first-order valence-electron chi connectivity index (χ1n) is 10.4. The molecule has 0 spiro atoms. The molecule has 34 heavy (non-hydrogen) atoms. The smallest absolute Gasteiger partial charge is 0.206 e. The fourth-order valence-electron chi connectivity index (χ4n) is 2.73.